The SMILES string of the molecule is CC/C=C(/C)C(=O)N(Cc1ccccc1)C(C)C1CC1. The number of carbonyl (C=O) groups is 1. The predicted octanol–water partition coefficient (Wildman–Crippen LogP) is 4.17. The van der Waals surface area contributed by atoms with Gasteiger partial charge in [0.25, 0.3) is 0 Å². The molecule has 1 saturated carbocycles. The van der Waals surface area contributed by atoms with Crippen LogP contribution in [0.15, 0.2) is 42.0 Å². The van der Waals surface area contributed by atoms with Gasteiger partial charge in [0.2, 0.25) is 5.91 Å². The standard InChI is InChI=1S/C18H25NO/c1-4-8-14(2)18(20)19(15(3)17-11-12-17)13-16-9-6-5-7-10-16/h5-10,15,17H,4,11-13H2,1-3H3/b14-8-. The Morgan fingerprint density at radius 3 is 2.55 bits per heavy atom. The average Bonchev–Trinajstić information content (AvgIpc) is 3.29. The lowest BCUT2D eigenvalue weighted by atomic mass is 10.1. The van der Waals surface area contributed by atoms with E-state index < -0.39 is 0 Å². The number of allylic oxidation sites excluding steroid dienone is 1. The van der Waals surface area contributed by atoms with Crippen LogP contribution in [0.2, 0.25) is 0 Å². The third kappa shape index (κ3) is 3.72. The first kappa shape index (κ1) is 14.8. The fourth-order valence-corrected chi connectivity index (χ4v) is 2.63. The van der Waals surface area contributed by atoms with E-state index in [0.29, 0.717) is 18.5 Å². The largest absolute Gasteiger partial charge is 0.332 e. The first-order valence-electron chi connectivity index (χ1n) is 7.65. The minimum Gasteiger partial charge on any atom is -0.332 e. The summed E-state index contributed by atoms with van der Waals surface area (Å²) in [6.45, 7) is 6.91. The van der Waals surface area contributed by atoms with Crippen molar-refractivity contribution in [3.63, 3.8) is 0 Å². The van der Waals surface area contributed by atoms with Crippen molar-refractivity contribution in [1.29, 1.82) is 0 Å². The van der Waals surface area contributed by atoms with Gasteiger partial charge in [0.1, 0.15) is 0 Å². The number of rotatable bonds is 6. The molecule has 1 atom stereocenters. The smallest absolute Gasteiger partial charge is 0.249 e. The average molecular weight is 271 g/mol. The maximum Gasteiger partial charge on any atom is 0.249 e. The summed E-state index contributed by atoms with van der Waals surface area (Å²) in [6, 6.07) is 10.6. The van der Waals surface area contributed by atoms with Crippen LogP contribution in [0.3, 0.4) is 0 Å². The quantitative estimate of drug-likeness (QED) is 0.711. The van der Waals surface area contributed by atoms with E-state index in [0.717, 1.165) is 12.0 Å². The van der Waals surface area contributed by atoms with E-state index in [1.807, 2.05) is 31.2 Å². The van der Waals surface area contributed by atoms with Crippen molar-refractivity contribution in [1.82, 2.24) is 4.90 Å². The second kappa shape index (κ2) is 6.74. The summed E-state index contributed by atoms with van der Waals surface area (Å²) in [6.07, 6.45) is 5.46. The first-order valence-corrected chi connectivity index (χ1v) is 7.65. The molecule has 1 aliphatic rings. The van der Waals surface area contributed by atoms with E-state index in [9.17, 15) is 4.79 Å². The van der Waals surface area contributed by atoms with Crippen molar-refractivity contribution in [2.45, 2.75) is 52.6 Å². The maximum atomic E-state index is 12.7. The van der Waals surface area contributed by atoms with Crippen LogP contribution in [0.4, 0.5) is 0 Å². The van der Waals surface area contributed by atoms with E-state index >= 15 is 0 Å². The third-order valence-electron chi connectivity index (χ3n) is 4.10. The van der Waals surface area contributed by atoms with Crippen molar-refractivity contribution >= 4 is 5.91 Å². The van der Waals surface area contributed by atoms with Crippen LogP contribution in [0, 0.1) is 5.92 Å². The van der Waals surface area contributed by atoms with E-state index in [2.05, 4.69) is 30.9 Å². The summed E-state index contributed by atoms with van der Waals surface area (Å²) in [4.78, 5) is 14.7. The maximum absolute atomic E-state index is 12.7. The molecule has 1 unspecified atom stereocenters. The van der Waals surface area contributed by atoms with E-state index in [4.69, 9.17) is 0 Å². The Balaban J connectivity index is 2.16. The van der Waals surface area contributed by atoms with Crippen LogP contribution >= 0.6 is 0 Å². The monoisotopic (exact) mass is 271 g/mol. The lowest BCUT2D eigenvalue weighted by Gasteiger charge is -2.30. The molecule has 20 heavy (non-hydrogen) atoms. The molecule has 2 rings (SSSR count). The number of hydrogen-bond donors (Lipinski definition) is 0. The summed E-state index contributed by atoms with van der Waals surface area (Å²) in [7, 11) is 0. The summed E-state index contributed by atoms with van der Waals surface area (Å²) < 4.78 is 0. The molecule has 1 aromatic rings. The Labute approximate surface area is 122 Å². The minimum absolute atomic E-state index is 0.190. The number of hydrogen-bond acceptors (Lipinski definition) is 1. The Morgan fingerprint density at radius 2 is 2.00 bits per heavy atom. The van der Waals surface area contributed by atoms with Gasteiger partial charge >= 0.3 is 0 Å². The Morgan fingerprint density at radius 1 is 1.35 bits per heavy atom. The van der Waals surface area contributed by atoms with Crippen LogP contribution in [-0.4, -0.2) is 16.8 Å². The van der Waals surface area contributed by atoms with E-state index in [1.54, 1.807) is 0 Å². The van der Waals surface area contributed by atoms with Gasteiger partial charge in [-0.25, -0.2) is 0 Å². The minimum atomic E-state index is 0.190. The van der Waals surface area contributed by atoms with Gasteiger partial charge in [0, 0.05) is 18.2 Å². The molecule has 0 N–H and O–H groups in total. The predicted molar refractivity (Wildman–Crippen MR) is 83.2 cm³/mol. The lowest BCUT2D eigenvalue weighted by Crippen LogP contribution is -2.39. The van der Waals surface area contributed by atoms with Gasteiger partial charge in [-0.15, -0.1) is 0 Å². The van der Waals surface area contributed by atoms with Crippen molar-refractivity contribution in [2.24, 2.45) is 5.92 Å². The highest BCUT2D eigenvalue weighted by molar-refractivity contribution is 5.93. The van der Waals surface area contributed by atoms with E-state index in [-0.39, 0.29) is 5.91 Å². The molecule has 0 heterocycles. The van der Waals surface area contributed by atoms with Gasteiger partial charge in [0.05, 0.1) is 0 Å². The van der Waals surface area contributed by atoms with Gasteiger partial charge in [-0.1, -0.05) is 43.3 Å². The fraction of sp³-hybridized carbons (Fsp3) is 0.500. The number of benzene rings is 1. The highest BCUT2D eigenvalue weighted by Crippen LogP contribution is 2.36. The molecule has 0 radical (unpaired) electrons. The zero-order valence-corrected chi connectivity index (χ0v) is 12.8. The molecule has 2 nitrogen and oxygen atoms in total. The Bertz CT molecular complexity index is 473. The summed E-state index contributed by atoms with van der Waals surface area (Å²) in [5.41, 5.74) is 2.08. The van der Waals surface area contributed by atoms with Crippen molar-refractivity contribution in [2.75, 3.05) is 0 Å². The number of carbonyl (C=O) groups excluding carboxylic acids is 1. The molecular formula is C18H25NO. The molecule has 2 heteroatoms. The van der Waals surface area contributed by atoms with Crippen molar-refractivity contribution in [3.8, 4) is 0 Å². The molecule has 1 aromatic carbocycles. The second-order valence-corrected chi connectivity index (χ2v) is 5.79. The lowest BCUT2D eigenvalue weighted by molar-refractivity contribution is -0.130. The number of nitrogens with zero attached hydrogens (tertiary/aromatic N) is 1. The molecule has 1 amide bonds. The second-order valence-electron chi connectivity index (χ2n) is 5.79. The molecule has 1 aliphatic carbocycles. The van der Waals surface area contributed by atoms with Gasteiger partial charge in [-0.05, 0) is 44.6 Å². The Hall–Kier alpha value is -1.57. The van der Waals surface area contributed by atoms with Crippen LogP contribution in [0.5, 0.6) is 0 Å². The van der Waals surface area contributed by atoms with Crippen LogP contribution in [-0.2, 0) is 11.3 Å². The van der Waals surface area contributed by atoms with Crippen LogP contribution < -0.4 is 0 Å². The van der Waals surface area contributed by atoms with Crippen LogP contribution in [0.25, 0.3) is 0 Å². The zero-order chi connectivity index (χ0) is 14.5. The first-order chi connectivity index (χ1) is 9.63. The molecule has 108 valence electrons. The van der Waals surface area contributed by atoms with Crippen molar-refractivity contribution in [3.05, 3.63) is 47.5 Å². The molecule has 0 bridgehead atoms. The molecule has 0 aromatic heterocycles. The topological polar surface area (TPSA) is 20.3 Å². The van der Waals surface area contributed by atoms with Gasteiger partial charge in [-0.3, -0.25) is 4.79 Å². The summed E-state index contributed by atoms with van der Waals surface area (Å²) in [5, 5.41) is 0. The van der Waals surface area contributed by atoms with E-state index in [1.165, 1.54) is 18.4 Å². The molecule has 0 spiro atoms. The van der Waals surface area contributed by atoms with Gasteiger partial charge < -0.3 is 4.90 Å². The molecule has 0 saturated heterocycles. The molecular weight excluding hydrogens is 246 g/mol. The summed E-state index contributed by atoms with van der Waals surface area (Å²) >= 11 is 0. The highest BCUT2D eigenvalue weighted by Gasteiger charge is 2.34. The van der Waals surface area contributed by atoms with Gasteiger partial charge in [0.15, 0.2) is 0 Å². The van der Waals surface area contributed by atoms with Gasteiger partial charge in [-0.2, -0.15) is 0 Å². The van der Waals surface area contributed by atoms with Crippen LogP contribution in [0.1, 0.15) is 45.6 Å². The fourth-order valence-electron chi connectivity index (χ4n) is 2.63. The molecule has 1 fully saturated rings. The third-order valence-corrected chi connectivity index (χ3v) is 4.10. The van der Waals surface area contributed by atoms with Crippen molar-refractivity contribution < 1.29 is 4.79 Å². The highest BCUT2D eigenvalue weighted by atomic mass is 16.2. The number of amides is 1. The summed E-state index contributed by atoms with van der Waals surface area (Å²) in [5.74, 6) is 0.882. The normalized spacial score (nSPS) is 16.9. The zero-order valence-electron chi connectivity index (χ0n) is 12.8. The molecule has 0 aliphatic heterocycles. The Kier molecular flexibility index (Phi) is 4.99.